The monoisotopic (exact) mass is 287 g/mol. The van der Waals surface area contributed by atoms with E-state index in [0.29, 0.717) is 16.7 Å². The minimum absolute atomic E-state index is 0.101. The Kier molecular flexibility index (Phi) is 3.98. The highest BCUT2D eigenvalue weighted by atomic mass is 19.1. The fraction of sp³-hybridized carbons (Fsp3) is 0.235. The summed E-state index contributed by atoms with van der Waals surface area (Å²) in [6.07, 6.45) is 0. The fourth-order valence-electron chi connectivity index (χ4n) is 1.90. The summed E-state index contributed by atoms with van der Waals surface area (Å²) >= 11 is 0. The van der Waals surface area contributed by atoms with E-state index in [1.54, 1.807) is 57.2 Å². The van der Waals surface area contributed by atoms with E-state index in [2.05, 4.69) is 0 Å². The third-order valence-corrected chi connectivity index (χ3v) is 2.86. The van der Waals surface area contributed by atoms with E-state index < -0.39 is 17.4 Å². The summed E-state index contributed by atoms with van der Waals surface area (Å²) in [6.45, 7) is 5.42. The number of esters is 1. The van der Waals surface area contributed by atoms with Crippen molar-refractivity contribution in [3.8, 4) is 11.1 Å². The van der Waals surface area contributed by atoms with E-state index in [0.717, 1.165) is 0 Å². The Morgan fingerprint density at radius 3 is 2.29 bits per heavy atom. The van der Waals surface area contributed by atoms with Crippen molar-refractivity contribution in [2.75, 3.05) is 5.73 Å². The normalized spacial score (nSPS) is 11.2. The molecule has 0 aromatic heterocycles. The van der Waals surface area contributed by atoms with Crippen LogP contribution in [-0.2, 0) is 4.74 Å². The van der Waals surface area contributed by atoms with E-state index in [1.165, 1.54) is 6.07 Å². The number of carbonyl (C=O) groups is 1. The molecular formula is C17H18FNO2. The lowest BCUT2D eigenvalue weighted by molar-refractivity contribution is 0.00696. The number of anilines is 1. The standard InChI is InChI=1S/C17H18FNO2/c1-17(2,3)21-16(20)12-9-7-11(8-10-12)13-5-4-6-14(19)15(13)18/h4-10H,19H2,1-3H3. The van der Waals surface area contributed by atoms with Gasteiger partial charge < -0.3 is 10.5 Å². The van der Waals surface area contributed by atoms with Gasteiger partial charge in [-0.25, -0.2) is 9.18 Å². The minimum atomic E-state index is -0.546. The second kappa shape index (κ2) is 5.56. The summed E-state index contributed by atoms with van der Waals surface area (Å²) in [4.78, 5) is 11.9. The molecule has 0 aliphatic carbocycles. The van der Waals surface area contributed by atoms with Crippen molar-refractivity contribution < 1.29 is 13.9 Å². The van der Waals surface area contributed by atoms with E-state index >= 15 is 0 Å². The summed E-state index contributed by atoms with van der Waals surface area (Å²) < 4.78 is 19.2. The van der Waals surface area contributed by atoms with Gasteiger partial charge in [0, 0.05) is 5.56 Å². The van der Waals surface area contributed by atoms with Crippen molar-refractivity contribution in [2.24, 2.45) is 0 Å². The average Bonchev–Trinajstić information content (AvgIpc) is 2.40. The molecule has 0 saturated carbocycles. The Morgan fingerprint density at radius 1 is 1.10 bits per heavy atom. The predicted molar refractivity (Wildman–Crippen MR) is 81.4 cm³/mol. The first-order valence-electron chi connectivity index (χ1n) is 6.66. The van der Waals surface area contributed by atoms with Crippen LogP contribution >= 0.6 is 0 Å². The molecular weight excluding hydrogens is 269 g/mol. The van der Waals surface area contributed by atoms with Crippen LogP contribution in [0.3, 0.4) is 0 Å². The van der Waals surface area contributed by atoms with E-state index in [1.807, 2.05) is 0 Å². The van der Waals surface area contributed by atoms with E-state index in [-0.39, 0.29) is 5.69 Å². The zero-order valence-corrected chi connectivity index (χ0v) is 12.3. The molecule has 2 aromatic rings. The number of hydrogen-bond donors (Lipinski definition) is 1. The third kappa shape index (κ3) is 3.60. The highest BCUT2D eigenvalue weighted by Crippen LogP contribution is 2.26. The van der Waals surface area contributed by atoms with Gasteiger partial charge in [0.05, 0.1) is 11.3 Å². The number of benzene rings is 2. The molecule has 3 nitrogen and oxygen atoms in total. The molecule has 0 aliphatic rings. The van der Waals surface area contributed by atoms with Crippen molar-refractivity contribution in [1.82, 2.24) is 0 Å². The van der Waals surface area contributed by atoms with Gasteiger partial charge in [-0.15, -0.1) is 0 Å². The summed E-state index contributed by atoms with van der Waals surface area (Å²) in [7, 11) is 0. The molecule has 2 N–H and O–H groups in total. The van der Waals surface area contributed by atoms with Crippen LogP contribution in [0.15, 0.2) is 42.5 Å². The lowest BCUT2D eigenvalue weighted by atomic mass is 10.0. The second-order valence-electron chi connectivity index (χ2n) is 5.79. The Hall–Kier alpha value is -2.36. The maximum Gasteiger partial charge on any atom is 0.338 e. The molecule has 110 valence electrons. The predicted octanol–water partition coefficient (Wildman–Crippen LogP) is 4.03. The number of nitrogen functional groups attached to an aromatic ring is 1. The first-order valence-corrected chi connectivity index (χ1v) is 6.66. The molecule has 0 spiro atoms. The summed E-state index contributed by atoms with van der Waals surface area (Å²) in [6, 6.07) is 11.4. The highest BCUT2D eigenvalue weighted by molar-refractivity contribution is 5.90. The van der Waals surface area contributed by atoms with Gasteiger partial charge in [0.25, 0.3) is 0 Å². The highest BCUT2D eigenvalue weighted by Gasteiger charge is 2.18. The van der Waals surface area contributed by atoms with Crippen molar-refractivity contribution >= 4 is 11.7 Å². The Bertz CT molecular complexity index is 657. The van der Waals surface area contributed by atoms with Gasteiger partial charge in [-0.05, 0) is 44.5 Å². The fourth-order valence-corrected chi connectivity index (χ4v) is 1.90. The molecule has 0 amide bonds. The van der Waals surface area contributed by atoms with Gasteiger partial charge in [0.15, 0.2) is 5.82 Å². The largest absolute Gasteiger partial charge is 0.456 e. The van der Waals surface area contributed by atoms with Crippen molar-refractivity contribution in [2.45, 2.75) is 26.4 Å². The van der Waals surface area contributed by atoms with E-state index in [4.69, 9.17) is 10.5 Å². The smallest absolute Gasteiger partial charge is 0.338 e. The minimum Gasteiger partial charge on any atom is -0.456 e. The average molecular weight is 287 g/mol. The van der Waals surface area contributed by atoms with Gasteiger partial charge >= 0.3 is 5.97 Å². The van der Waals surface area contributed by atoms with Crippen LogP contribution < -0.4 is 5.73 Å². The first-order chi connectivity index (χ1) is 9.78. The zero-order chi connectivity index (χ0) is 15.6. The van der Waals surface area contributed by atoms with E-state index in [9.17, 15) is 9.18 Å². The lowest BCUT2D eigenvalue weighted by Crippen LogP contribution is -2.23. The Labute approximate surface area is 123 Å². The topological polar surface area (TPSA) is 52.3 Å². The molecule has 0 unspecified atom stereocenters. The van der Waals surface area contributed by atoms with Crippen LogP contribution in [-0.4, -0.2) is 11.6 Å². The van der Waals surface area contributed by atoms with Gasteiger partial charge in [-0.2, -0.15) is 0 Å². The molecule has 0 heterocycles. The molecule has 0 saturated heterocycles. The number of hydrogen-bond acceptors (Lipinski definition) is 3. The molecule has 4 heteroatoms. The molecule has 2 rings (SSSR count). The number of ether oxygens (including phenoxy) is 1. The molecule has 0 aliphatic heterocycles. The SMILES string of the molecule is CC(C)(C)OC(=O)c1ccc(-c2cccc(N)c2F)cc1. The third-order valence-electron chi connectivity index (χ3n) is 2.86. The van der Waals surface area contributed by atoms with Crippen LogP contribution in [0.5, 0.6) is 0 Å². The lowest BCUT2D eigenvalue weighted by Gasteiger charge is -2.19. The van der Waals surface area contributed by atoms with Gasteiger partial charge in [0.2, 0.25) is 0 Å². The van der Waals surface area contributed by atoms with Crippen molar-refractivity contribution in [3.05, 3.63) is 53.8 Å². The van der Waals surface area contributed by atoms with Gasteiger partial charge in [0.1, 0.15) is 5.60 Å². The molecule has 0 atom stereocenters. The quantitative estimate of drug-likeness (QED) is 0.670. The van der Waals surface area contributed by atoms with Crippen LogP contribution in [0, 0.1) is 5.82 Å². The molecule has 2 aromatic carbocycles. The number of rotatable bonds is 2. The number of halogens is 1. The van der Waals surface area contributed by atoms with Gasteiger partial charge in [-0.3, -0.25) is 0 Å². The summed E-state index contributed by atoms with van der Waals surface area (Å²) in [5.41, 5.74) is 6.61. The van der Waals surface area contributed by atoms with Crippen LogP contribution in [0.4, 0.5) is 10.1 Å². The Balaban J connectivity index is 2.27. The molecule has 0 fully saturated rings. The molecule has 21 heavy (non-hydrogen) atoms. The van der Waals surface area contributed by atoms with Crippen LogP contribution in [0.1, 0.15) is 31.1 Å². The first kappa shape index (κ1) is 15.0. The van der Waals surface area contributed by atoms with Gasteiger partial charge in [-0.1, -0.05) is 24.3 Å². The van der Waals surface area contributed by atoms with Crippen molar-refractivity contribution in [3.63, 3.8) is 0 Å². The van der Waals surface area contributed by atoms with Crippen molar-refractivity contribution in [1.29, 1.82) is 0 Å². The molecule has 0 radical (unpaired) electrons. The summed E-state index contributed by atoms with van der Waals surface area (Å²) in [5.74, 6) is -0.857. The molecule has 0 bridgehead atoms. The Morgan fingerprint density at radius 2 is 1.71 bits per heavy atom. The second-order valence-corrected chi connectivity index (χ2v) is 5.79. The maximum atomic E-state index is 14.0. The number of nitrogens with two attached hydrogens (primary N) is 1. The summed E-state index contributed by atoms with van der Waals surface area (Å²) in [5, 5.41) is 0. The van der Waals surface area contributed by atoms with Crippen LogP contribution in [0.25, 0.3) is 11.1 Å². The maximum absolute atomic E-state index is 14.0. The number of carbonyl (C=O) groups excluding carboxylic acids is 1. The van der Waals surface area contributed by atoms with Crippen LogP contribution in [0.2, 0.25) is 0 Å². The zero-order valence-electron chi connectivity index (χ0n) is 12.3.